The number of esters is 1. The van der Waals surface area contributed by atoms with Crippen molar-refractivity contribution < 1.29 is 13.9 Å². The summed E-state index contributed by atoms with van der Waals surface area (Å²) >= 11 is 3.05. The van der Waals surface area contributed by atoms with E-state index in [0.29, 0.717) is 24.7 Å². The number of thiophene rings is 1. The van der Waals surface area contributed by atoms with Gasteiger partial charge in [0.2, 0.25) is 5.01 Å². The van der Waals surface area contributed by atoms with Crippen LogP contribution < -0.4 is 0 Å². The largest absolute Gasteiger partial charge is 0.468 e. The van der Waals surface area contributed by atoms with Crippen molar-refractivity contribution in [2.45, 2.75) is 26.6 Å². The molecule has 0 amide bonds. The zero-order valence-corrected chi connectivity index (χ0v) is 14.9. The summed E-state index contributed by atoms with van der Waals surface area (Å²) in [5.74, 6) is 0.553. The summed E-state index contributed by atoms with van der Waals surface area (Å²) in [7, 11) is 0. The number of hydrogen-bond acceptors (Lipinski definition) is 7. The number of hydrogen-bond donors (Lipinski definition) is 0. The molecular formula is C17H18N2O3S2. The number of carbonyl (C=O) groups is 1. The van der Waals surface area contributed by atoms with Crippen LogP contribution in [0.15, 0.2) is 45.7 Å². The second kappa shape index (κ2) is 8.23. The molecule has 0 aliphatic carbocycles. The van der Waals surface area contributed by atoms with E-state index in [2.05, 4.69) is 21.3 Å². The van der Waals surface area contributed by atoms with Crippen LogP contribution in [0.2, 0.25) is 0 Å². The third-order valence-corrected chi connectivity index (χ3v) is 5.04. The molecule has 0 radical (unpaired) electrons. The number of thiazole rings is 1. The Hall–Kier alpha value is -1.96. The number of ether oxygens (including phenoxy) is 1. The summed E-state index contributed by atoms with van der Waals surface area (Å²) in [5, 5.41) is 4.39. The Morgan fingerprint density at radius 1 is 1.25 bits per heavy atom. The molecule has 0 fully saturated rings. The fraction of sp³-hybridized carbons (Fsp3) is 0.294. The van der Waals surface area contributed by atoms with Gasteiger partial charge < -0.3 is 9.15 Å². The van der Waals surface area contributed by atoms with Crippen molar-refractivity contribution in [1.29, 1.82) is 0 Å². The number of nitrogens with zero attached hydrogens (tertiary/aromatic N) is 2. The lowest BCUT2D eigenvalue weighted by molar-refractivity contribution is 0.0525. The molecule has 7 heteroatoms. The predicted octanol–water partition coefficient (Wildman–Crippen LogP) is 4.18. The summed E-state index contributed by atoms with van der Waals surface area (Å²) < 4.78 is 10.5. The van der Waals surface area contributed by atoms with E-state index in [1.165, 1.54) is 16.2 Å². The van der Waals surface area contributed by atoms with E-state index in [-0.39, 0.29) is 5.97 Å². The van der Waals surface area contributed by atoms with Crippen molar-refractivity contribution in [2.75, 3.05) is 6.61 Å². The molecule has 0 aliphatic rings. The highest BCUT2D eigenvalue weighted by atomic mass is 32.1. The summed E-state index contributed by atoms with van der Waals surface area (Å²) in [4.78, 5) is 19.7. The maximum Gasteiger partial charge on any atom is 0.367 e. The van der Waals surface area contributed by atoms with Gasteiger partial charge in [-0.2, -0.15) is 0 Å². The topological polar surface area (TPSA) is 55.6 Å². The molecule has 0 aliphatic heterocycles. The highest BCUT2D eigenvalue weighted by molar-refractivity contribution is 7.11. The highest BCUT2D eigenvalue weighted by Crippen LogP contribution is 2.19. The Balaban J connectivity index is 1.69. The summed E-state index contributed by atoms with van der Waals surface area (Å²) in [6.07, 6.45) is 1.68. The second-order valence-corrected chi connectivity index (χ2v) is 7.06. The van der Waals surface area contributed by atoms with E-state index >= 15 is 0 Å². The lowest BCUT2D eigenvalue weighted by Crippen LogP contribution is -2.22. The van der Waals surface area contributed by atoms with Crippen molar-refractivity contribution in [3.8, 4) is 0 Å². The molecule has 126 valence electrons. The fourth-order valence-corrected chi connectivity index (χ4v) is 3.76. The van der Waals surface area contributed by atoms with Gasteiger partial charge in [-0.05, 0) is 30.5 Å². The maximum atomic E-state index is 11.8. The maximum absolute atomic E-state index is 11.8. The van der Waals surface area contributed by atoms with Crippen molar-refractivity contribution in [2.24, 2.45) is 0 Å². The SMILES string of the molecule is CCOC(=O)c1nc(CN(Cc2ccco2)Cc2cccs2)cs1. The number of aromatic nitrogens is 1. The molecule has 3 heterocycles. The predicted molar refractivity (Wildman–Crippen MR) is 94.0 cm³/mol. The molecule has 0 bridgehead atoms. The van der Waals surface area contributed by atoms with Crippen LogP contribution in [-0.2, 0) is 24.4 Å². The highest BCUT2D eigenvalue weighted by Gasteiger charge is 2.16. The second-order valence-electron chi connectivity index (χ2n) is 5.17. The van der Waals surface area contributed by atoms with Gasteiger partial charge in [0.1, 0.15) is 5.76 Å². The van der Waals surface area contributed by atoms with E-state index in [1.54, 1.807) is 24.5 Å². The summed E-state index contributed by atoms with van der Waals surface area (Å²) in [6, 6.07) is 8.02. The number of rotatable bonds is 8. The molecule has 5 nitrogen and oxygen atoms in total. The van der Waals surface area contributed by atoms with Crippen LogP contribution in [0.1, 0.15) is 33.1 Å². The van der Waals surface area contributed by atoms with Crippen LogP contribution in [0.5, 0.6) is 0 Å². The first-order chi connectivity index (χ1) is 11.7. The Bertz CT molecular complexity index is 715. The van der Waals surface area contributed by atoms with Crippen molar-refractivity contribution in [1.82, 2.24) is 9.88 Å². The first kappa shape index (κ1) is 16.9. The van der Waals surface area contributed by atoms with Gasteiger partial charge >= 0.3 is 5.97 Å². The van der Waals surface area contributed by atoms with E-state index in [9.17, 15) is 4.79 Å². The van der Waals surface area contributed by atoms with Gasteiger partial charge in [-0.25, -0.2) is 9.78 Å². The number of furan rings is 1. The van der Waals surface area contributed by atoms with Crippen LogP contribution in [0.4, 0.5) is 0 Å². The van der Waals surface area contributed by atoms with Gasteiger partial charge in [0.05, 0.1) is 25.1 Å². The fourth-order valence-electron chi connectivity index (χ4n) is 2.31. The van der Waals surface area contributed by atoms with Crippen molar-refractivity contribution in [3.05, 3.63) is 62.6 Å². The minimum Gasteiger partial charge on any atom is -0.468 e. The quantitative estimate of drug-likeness (QED) is 0.563. The first-order valence-electron chi connectivity index (χ1n) is 7.63. The average Bonchev–Trinajstić information content (AvgIpc) is 3.29. The standard InChI is InChI=1S/C17H18N2O3S2/c1-2-21-17(20)16-18-13(12-24-16)9-19(10-14-5-3-7-22-14)11-15-6-4-8-23-15/h3-8,12H,2,9-11H2,1H3. The average molecular weight is 362 g/mol. The molecule has 3 rings (SSSR count). The van der Waals surface area contributed by atoms with Crippen molar-refractivity contribution in [3.63, 3.8) is 0 Å². The van der Waals surface area contributed by atoms with Crippen LogP contribution in [0, 0.1) is 0 Å². The lowest BCUT2D eigenvalue weighted by atomic mass is 10.3. The zero-order valence-electron chi connectivity index (χ0n) is 13.3. The molecule has 0 saturated carbocycles. The van der Waals surface area contributed by atoms with Crippen LogP contribution >= 0.6 is 22.7 Å². The number of carbonyl (C=O) groups excluding carboxylic acids is 1. The summed E-state index contributed by atoms with van der Waals surface area (Å²) in [5.41, 5.74) is 0.867. The Morgan fingerprint density at radius 2 is 2.17 bits per heavy atom. The van der Waals surface area contributed by atoms with Gasteiger partial charge in [0.15, 0.2) is 0 Å². The van der Waals surface area contributed by atoms with Crippen LogP contribution in [0.3, 0.4) is 0 Å². The molecule has 0 aromatic carbocycles. The van der Waals surface area contributed by atoms with Gasteiger partial charge in [-0.15, -0.1) is 22.7 Å². The minimum absolute atomic E-state index is 0.357. The van der Waals surface area contributed by atoms with Gasteiger partial charge in [0.25, 0.3) is 0 Å². The monoisotopic (exact) mass is 362 g/mol. The molecule has 0 saturated heterocycles. The molecule has 0 N–H and O–H groups in total. The molecule has 0 atom stereocenters. The molecule has 24 heavy (non-hydrogen) atoms. The molecule has 0 spiro atoms. The van der Waals surface area contributed by atoms with E-state index < -0.39 is 0 Å². The summed E-state index contributed by atoms with van der Waals surface area (Å²) in [6.45, 7) is 4.30. The van der Waals surface area contributed by atoms with Gasteiger partial charge in [-0.3, -0.25) is 4.90 Å². The van der Waals surface area contributed by atoms with E-state index in [1.807, 2.05) is 23.6 Å². The normalized spacial score (nSPS) is 11.1. The third kappa shape index (κ3) is 4.53. The molecular weight excluding hydrogens is 344 g/mol. The molecule has 3 aromatic rings. The zero-order chi connectivity index (χ0) is 16.8. The van der Waals surface area contributed by atoms with Gasteiger partial charge in [-0.1, -0.05) is 6.07 Å². The Kier molecular flexibility index (Phi) is 5.79. The van der Waals surface area contributed by atoms with E-state index in [4.69, 9.17) is 9.15 Å². The van der Waals surface area contributed by atoms with Crippen molar-refractivity contribution >= 4 is 28.6 Å². The minimum atomic E-state index is -0.357. The van der Waals surface area contributed by atoms with Crippen LogP contribution in [-0.4, -0.2) is 22.5 Å². The van der Waals surface area contributed by atoms with Gasteiger partial charge in [0, 0.05) is 23.3 Å². The Labute approximate surface area is 148 Å². The lowest BCUT2D eigenvalue weighted by Gasteiger charge is -2.19. The molecule has 3 aromatic heterocycles. The molecule has 0 unspecified atom stereocenters. The van der Waals surface area contributed by atoms with Crippen LogP contribution in [0.25, 0.3) is 0 Å². The first-order valence-corrected chi connectivity index (χ1v) is 9.39. The third-order valence-electron chi connectivity index (χ3n) is 3.31. The van der Waals surface area contributed by atoms with E-state index in [0.717, 1.165) is 18.0 Å². The Morgan fingerprint density at radius 3 is 2.88 bits per heavy atom. The smallest absolute Gasteiger partial charge is 0.367 e.